The number of alkyl halides is 4. The minimum absolute atomic E-state index is 0.0306. The predicted octanol–water partition coefficient (Wildman–Crippen LogP) is 3.28. The van der Waals surface area contributed by atoms with Gasteiger partial charge in [0.05, 0.1) is 18.1 Å². The first-order chi connectivity index (χ1) is 16.5. The summed E-state index contributed by atoms with van der Waals surface area (Å²) in [6.07, 6.45) is -6.73. The number of aliphatic hydroxyl groups is 1. The molecule has 192 valence electrons. The number of aromatic nitrogens is 3. The lowest BCUT2D eigenvalue weighted by Crippen LogP contribution is -2.46. The highest BCUT2D eigenvalue weighted by molar-refractivity contribution is 6.30. The molecule has 0 unspecified atom stereocenters. The molecule has 14 heteroatoms. The van der Waals surface area contributed by atoms with Gasteiger partial charge in [-0.1, -0.05) is 11.6 Å². The summed E-state index contributed by atoms with van der Waals surface area (Å²) in [4.78, 5) is 15.4. The number of pyridine rings is 1. The summed E-state index contributed by atoms with van der Waals surface area (Å²) in [5.74, 6) is -1.29. The van der Waals surface area contributed by atoms with Crippen molar-refractivity contribution in [2.75, 3.05) is 37.7 Å². The second kappa shape index (κ2) is 8.70. The Kier molecular flexibility index (Phi) is 6.07. The lowest BCUT2D eigenvalue weighted by molar-refractivity contribution is -0.200. The molecule has 0 aliphatic carbocycles. The van der Waals surface area contributed by atoms with Crippen LogP contribution in [0.3, 0.4) is 0 Å². The van der Waals surface area contributed by atoms with E-state index in [-0.39, 0.29) is 48.2 Å². The molecule has 8 nitrogen and oxygen atoms in total. The van der Waals surface area contributed by atoms with Crippen LogP contribution in [0, 0.1) is 5.82 Å². The van der Waals surface area contributed by atoms with Gasteiger partial charge in [-0.3, -0.25) is 4.90 Å². The number of aliphatic hydroxyl groups excluding tert-OH is 1. The van der Waals surface area contributed by atoms with Crippen LogP contribution in [0.5, 0.6) is 11.9 Å². The maximum Gasteiger partial charge on any atom is 0.416 e. The van der Waals surface area contributed by atoms with Crippen LogP contribution in [0.2, 0.25) is 5.15 Å². The van der Waals surface area contributed by atoms with Gasteiger partial charge in [-0.15, -0.1) is 0 Å². The lowest BCUT2D eigenvalue weighted by Gasteiger charge is -2.32. The van der Waals surface area contributed by atoms with Crippen LogP contribution in [-0.2, 0) is 0 Å². The fourth-order valence-corrected chi connectivity index (χ4v) is 5.32. The molecule has 35 heavy (non-hydrogen) atoms. The second-order valence-electron chi connectivity index (χ2n) is 9.31. The van der Waals surface area contributed by atoms with E-state index in [0.29, 0.717) is 13.0 Å². The van der Waals surface area contributed by atoms with Crippen LogP contribution in [0.15, 0.2) is 0 Å². The Morgan fingerprint density at radius 1 is 1.31 bits per heavy atom. The Morgan fingerprint density at radius 3 is 2.83 bits per heavy atom. The molecule has 0 bridgehead atoms. The van der Waals surface area contributed by atoms with E-state index in [0.717, 1.165) is 17.9 Å². The Labute approximate surface area is 202 Å². The van der Waals surface area contributed by atoms with Gasteiger partial charge in [-0.05, 0) is 26.3 Å². The Bertz CT molecular complexity index is 1140. The highest BCUT2D eigenvalue weighted by Crippen LogP contribution is 2.42. The van der Waals surface area contributed by atoms with Gasteiger partial charge < -0.3 is 19.5 Å². The van der Waals surface area contributed by atoms with Crippen LogP contribution >= 0.6 is 11.6 Å². The number of hydrogen-bond donors (Lipinski definition) is 1. The minimum atomic E-state index is -4.89. The molecule has 5 rings (SSSR count). The smallest absolute Gasteiger partial charge is 0.416 e. The Balaban J connectivity index is 1.57. The molecular weight excluding hydrogens is 501 g/mol. The van der Waals surface area contributed by atoms with Crippen molar-refractivity contribution < 1.29 is 36.5 Å². The summed E-state index contributed by atoms with van der Waals surface area (Å²) in [6, 6.07) is -1.01. The molecule has 0 amide bonds. The third-order valence-corrected chi connectivity index (χ3v) is 7.17. The highest BCUT2D eigenvalue weighted by atomic mass is 35.5. The van der Waals surface area contributed by atoms with Crippen LogP contribution in [-0.4, -0.2) is 87.8 Å². The number of β-amino-alcohol motifs (C(OH)–C–C–N with tert-alkyl or cyclic N) is 1. The van der Waals surface area contributed by atoms with Gasteiger partial charge in [0, 0.05) is 13.0 Å². The number of rotatable bonds is 5. The maximum atomic E-state index is 15.0. The molecular formula is C21H23ClF5N5O3. The first-order valence-electron chi connectivity index (χ1n) is 11.2. The van der Waals surface area contributed by atoms with Crippen LogP contribution in [0.1, 0.15) is 26.2 Å². The molecule has 5 heterocycles. The lowest BCUT2D eigenvalue weighted by atomic mass is 9.95. The first kappa shape index (κ1) is 24.4. The summed E-state index contributed by atoms with van der Waals surface area (Å²) in [7, 11) is 0. The first-order valence-corrected chi connectivity index (χ1v) is 11.6. The average molecular weight is 524 g/mol. The topological polar surface area (TPSA) is 83.8 Å². The highest BCUT2D eigenvalue weighted by Gasteiger charge is 2.49. The number of nitrogens with zero attached hydrogens (tertiary/aromatic N) is 5. The molecule has 4 atom stereocenters. The molecule has 3 aliphatic heterocycles. The van der Waals surface area contributed by atoms with Crippen LogP contribution in [0.4, 0.5) is 27.8 Å². The third kappa shape index (κ3) is 4.31. The predicted molar refractivity (Wildman–Crippen MR) is 115 cm³/mol. The van der Waals surface area contributed by atoms with Gasteiger partial charge in [-0.25, -0.2) is 8.78 Å². The van der Waals surface area contributed by atoms with E-state index >= 15 is 4.39 Å². The largest absolute Gasteiger partial charge is 0.475 e. The van der Waals surface area contributed by atoms with E-state index < -0.39 is 47.5 Å². The fourth-order valence-electron chi connectivity index (χ4n) is 5.16. The van der Waals surface area contributed by atoms with E-state index in [2.05, 4.69) is 15.0 Å². The van der Waals surface area contributed by atoms with Crippen molar-refractivity contribution in [1.29, 1.82) is 0 Å². The standard InChI is InChI=1S/C21H23ClF5N5O3/c1-10-8-34-18-13-15(14(24)16(22)29-18)28-19(30-17(13)32(10)7-12(33)21(25,26)27)35-9-20-3-2-4-31(20)6-11(23)5-20/h10-12,33H,2-9H2,1H3/t10-,11+,12-,20-/m0/s1. The number of anilines is 1. The normalized spacial score (nSPS) is 27.6. The number of fused-ring (bicyclic) bond motifs is 1. The summed E-state index contributed by atoms with van der Waals surface area (Å²) in [6.45, 7) is 1.61. The van der Waals surface area contributed by atoms with Gasteiger partial charge in [0.15, 0.2) is 17.1 Å². The van der Waals surface area contributed by atoms with Crippen molar-refractivity contribution >= 4 is 28.3 Å². The summed E-state index contributed by atoms with van der Waals surface area (Å²) < 4.78 is 80.1. The Hall–Kier alpha value is -2.25. The van der Waals surface area contributed by atoms with Crippen molar-refractivity contribution in [2.24, 2.45) is 0 Å². The van der Waals surface area contributed by atoms with Gasteiger partial charge in [-0.2, -0.15) is 28.1 Å². The van der Waals surface area contributed by atoms with Crippen LogP contribution in [0.25, 0.3) is 10.9 Å². The quantitative estimate of drug-likeness (QED) is 0.472. The molecule has 1 N–H and O–H groups in total. The van der Waals surface area contributed by atoms with E-state index in [1.807, 2.05) is 4.90 Å². The SMILES string of the molecule is C[C@H]1COc2nc(Cl)c(F)c3nc(OC[C@@]45CCCN4C[C@H](F)C5)nc(c23)N1C[C@H](O)C(F)(F)F. The van der Waals surface area contributed by atoms with Gasteiger partial charge in [0.25, 0.3) is 0 Å². The van der Waals surface area contributed by atoms with E-state index in [9.17, 15) is 22.7 Å². The van der Waals surface area contributed by atoms with E-state index in [4.69, 9.17) is 21.1 Å². The number of halogens is 6. The zero-order chi connectivity index (χ0) is 25.1. The van der Waals surface area contributed by atoms with Crippen LogP contribution < -0.4 is 14.4 Å². The van der Waals surface area contributed by atoms with E-state index in [1.54, 1.807) is 6.92 Å². The van der Waals surface area contributed by atoms with Gasteiger partial charge in [0.1, 0.15) is 36.1 Å². The summed E-state index contributed by atoms with van der Waals surface area (Å²) in [5, 5.41) is 9.15. The monoisotopic (exact) mass is 523 g/mol. The fraction of sp³-hybridized carbons (Fsp3) is 0.667. The number of ether oxygens (including phenoxy) is 2. The molecule has 2 fully saturated rings. The minimum Gasteiger partial charge on any atom is -0.475 e. The molecule has 2 saturated heterocycles. The molecule has 3 aliphatic rings. The van der Waals surface area contributed by atoms with Crippen molar-refractivity contribution in [1.82, 2.24) is 19.9 Å². The van der Waals surface area contributed by atoms with Gasteiger partial charge >= 0.3 is 12.2 Å². The third-order valence-electron chi connectivity index (χ3n) is 6.92. The summed E-state index contributed by atoms with van der Waals surface area (Å²) >= 11 is 5.92. The molecule has 2 aromatic heterocycles. The molecule has 2 aromatic rings. The van der Waals surface area contributed by atoms with Crippen molar-refractivity contribution in [3.63, 3.8) is 0 Å². The number of hydrogen-bond acceptors (Lipinski definition) is 8. The zero-order valence-electron chi connectivity index (χ0n) is 18.7. The molecule has 0 radical (unpaired) electrons. The molecule has 0 saturated carbocycles. The van der Waals surface area contributed by atoms with Crippen molar-refractivity contribution in [3.8, 4) is 11.9 Å². The zero-order valence-corrected chi connectivity index (χ0v) is 19.4. The van der Waals surface area contributed by atoms with Gasteiger partial charge in [0.2, 0.25) is 5.88 Å². The molecule has 0 aromatic carbocycles. The van der Waals surface area contributed by atoms with Crippen molar-refractivity contribution in [2.45, 2.75) is 56.2 Å². The average Bonchev–Trinajstić information content (AvgIpc) is 3.27. The maximum absolute atomic E-state index is 15.0. The van der Waals surface area contributed by atoms with E-state index in [1.165, 1.54) is 0 Å². The summed E-state index contributed by atoms with van der Waals surface area (Å²) in [5.41, 5.74) is -0.884. The van der Waals surface area contributed by atoms with Crippen molar-refractivity contribution in [3.05, 3.63) is 11.0 Å². The molecule has 0 spiro atoms. The second-order valence-corrected chi connectivity index (χ2v) is 9.67. The Morgan fingerprint density at radius 2 is 2.09 bits per heavy atom.